The normalized spacial score (nSPS) is 10.9. The van der Waals surface area contributed by atoms with E-state index in [1.807, 2.05) is 26.0 Å². The zero-order valence-corrected chi connectivity index (χ0v) is 14.3. The van der Waals surface area contributed by atoms with Crippen molar-refractivity contribution in [3.8, 4) is 0 Å². The van der Waals surface area contributed by atoms with E-state index in [0.717, 1.165) is 15.5 Å². The minimum absolute atomic E-state index is 0.0563. The molecular weight excluding hydrogens is 302 g/mol. The summed E-state index contributed by atoms with van der Waals surface area (Å²) >= 11 is 3.06. The third-order valence-corrected chi connectivity index (χ3v) is 4.77. The molecule has 0 radical (unpaired) electrons. The maximum Gasteiger partial charge on any atom is 0.230 e. The van der Waals surface area contributed by atoms with Crippen molar-refractivity contribution in [1.82, 2.24) is 10.2 Å². The Balaban J connectivity index is 1.96. The van der Waals surface area contributed by atoms with E-state index < -0.39 is 0 Å². The van der Waals surface area contributed by atoms with Crippen molar-refractivity contribution in [3.63, 3.8) is 0 Å². The van der Waals surface area contributed by atoms with E-state index in [1.165, 1.54) is 16.9 Å². The molecular formula is C15H19N3OS2. The molecule has 21 heavy (non-hydrogen) atoms. The van der Waals surface area contributed by atoms with Crippen molar-refractivity contribution in [2.45, 2.75) is 43.7 Å². The molecule has 1 N–H and O–H groups in total. The number of nitrogens with one attached hydrogen (secondary N) is 1. The minimum atomic E-state index is -0.0563. The Bertz CT molecular complexity index is 638. The number of thioether (sulfide) groups is 1. The zero-order valence-electron chi connectivity index (χ0n) is 12.6. The number of aromatic nitrogens is 2. The van der Waals surface area contributed by atoms with Crippen molar-refractivity contribution in [3.05, 3.63) is 34.9 Å². The number of anilines is 1. The first kappa shape index (κ1) is 16.0. The summed E-state index contributed by atoms with van der Waals surface area (Å²) in [5.74, 6) is -0.0563. The second-order valence-electron chi connectivity index (χ2n) is 5.19. The summed E-state index contributed by atoms with van der Waals surface area (Å²) in [4.78, 5) is 12.1. The van der Waals surface area contributed by atoms with Gasteiger partial charge in [0.2, 0.25) is 11.0 Å². The summed E-state index contributed by atoms with van der Waals surface area (Å²) in [7, 11) is 0. The third-order valence-electron chi connectivity index (χ3n) is 2.84. The predicted octanol–water partition coefficient (Wildman–Crippen LogP) is 3.84. The highest BCUT2D eigenvalue weighted by Crippen LogP contribution is 2.28. The van der Waals surface area contributed by atoms with Gasteiger partial charge in [0, 0.05) is 5.25 Å². The van der Waals surface area contributed by atoms with Gasteiger partial charge in [-0.3, -0.25) is 4.79 Å². The Hall–Kier alpha value is -1.40. The average molecular weight is 321 g/mol. The van der Waals surface area contributed by atoms with Gasteiger partial charge in [0.25, 0.3) is 0 Å². The van der Waals surface area contributed by atoms with Crippen molar-refractivity contribution in [1.29, 1.82) is 0 Å². The summed E-state index contributed by atoms with van der Waals surface area (Å²) in [6.45, 7) is 8.28. The Morgan fingerprint density at radius 1 is 1.33 bits per heavy atom. The highest BCUT2D eigenvalue weighted by molar-refractivity contribution is 8.01. The summed E-state index contributed by atoms with van der Waals surface area (Å²) in [5, 5.41) is 11.9. The predicted molar refractivity (Wildman–Crippen MR) is 89.2 cm³/mol. The lowest BCUT2D eigenvalue weighted by atomic mass is 10.0. The van der Waals surface area contributed by atoms with Gasteiger partial charge in [-0.15, -0.1) is 10.2 Å². The monoisotopic (exact) mass is 321 g/mol. The van der Waals surface area contributed by atoms with Crippen LogP contribution >= 0.6 is 23.1 Å². The fraction of sp³-hybridized carbons (Fsp3) is 0.400. The molecule has 2 aromatic rings. The highest BCUT2D eigenvalue weighted by Gasteiger charge is 2.11. The fourth-order valence-corrected chi connectivity index (χ4v) is 3.88. The lowest BCUT2D eigenvalue weighted by Crippen LogP contribution is -2.14. The Kier molecular flexibility index (Phi) is 5.36. The van der Waals surface area contributed by atoms with Crippen LogP contribution in [0.2, 0.25) is 0 Å². The number of carbonyl (C=O) groups excluding carboxylic acids is 1. The molecule has 0 saturated carbocycles. The number of nitrogens with zero attached hydrogens (tertiary/aromatic N) is 2. The van der Waals surface area contributed by atoms with Gasteiger partial charge in [0.15, 0.2) is 4.34 Å². The van der Waals surface area contributed by atoms with Crippen molar-refractivity contribution in [2.75, 3.05) is 5.32 Å². The Morgan fingerprint density at radius 3 is 2.76 bits per heavy atom. The number of aryl methyl sites for hydroxylation is 2. The zero-order chi connectivity index (χ0) is 15.4. The van der Waals surface area contributed by atoms with Crippen LogP contribution in [0.25, 0.3) is 0 Å². The lowest BCUT2D eigenvalue weighted by molar-refractivity contribution is -0.115. The second-order valence-corrected chi connectivity index (χ2v) is 8.00. The molecule has 0 aliphatic carbocycles. The smallest absolute Gasteiger partial charge is 0.230 e. The molecule has 0 aliphatic heterocycles. The minimum Gasteiger partial charge on any atom is -0.300 e. The lowest BCUT2D eigenvalue weighted by Gasteiger charge is -2.06. The van der Waals surface area contributed by atoms with Gasteiger partial charge in [-0.25, -0.2) is 0 Å². The molecule has 1 aromatic carbocycles. The van der Waals surface area contributed by atoms with Gasteiger partial charge in [-0.1, -0.05) is 60.7 Å². The van der Waals surface area contributed by atoms with Crippen LogP contribution in [0.15, 0.2) is 22.5 Å². The summed E-state index contributed by atoms with van der Waals surface area (Å²) in [6, 6.07) is 6.12. The standard InChI is InChI=1S/C15H19N3OS2/c1-9(2)20-15-18-17-14(21-15)16-13(19)8-12-6-5-10(3)7-11(12)4/h5-7,9H,8H2,1-4H3,(H,16,17,19). The van der Waals surface area contributed by atoms with E-state index in [4.69, 9.17) is 0 Å². The van der Waals surface area contributed by atoms with Crippen LogP contribution in [0.1, 0.15) is 30.5 Å². The summed E-state index contributed by atoms with van der Waals surface area (Å²) < 4.78 is 0.881. The van der Waals surface area contributed by atoms with Crippen molar-refractivity contribution < 1.29 is 4.79 Å². The molecule has 0 atom stereocenters. The Morgan fingerprint density at radius 2 is 2.10 bits per heavy atom. The fourth-order valence-electron chi connectivity index (χ4n) is 1.89. The maximum absolute atomic E-state index is 12.1. The van der Waals surface area contributed by atoms with Crippen molar-refractivity contribution >= 4 is 34.1 Å². The summed E-state index contributed by atoms with van der Waals surface area (Å²) in [6.07, 6.45) is 0.359. The molecule has 6 heteroatoms. The molecule has 112 valence electrons. The molecule has 0 saturated heterocycles. The van der Waals surface area contributed by atoms with Gasteiger partial charge < -0.3 is 5.32 Å². The van der Waals surface area contributed by atoms with Crippen LogP contribution in [0.4, 0.5) is 5.13 Å². The molecule has 2 rings (SSSR count). The number of hydrogen-bond donors (Lipinski definition) is 1. The van der Waals surface area contributed by atoms with Crippen LogP contribution < -0.4 is 5.32 Å². The topological polar surface area (TPSA) is 54.9 Å². The number of hydrogen-bond acceptors (Lipinski definition) is 5. The third kappa shape index (κ3) is 4.82. The average Bonchev–Trinajstić information content (AvgIpc) is 2.79. The van der Waals surface area contributed by atoms with Crippen LogP contribution in [0, 0.1) is 13.8 Å². The van der Waals surface area contributed by atoms with Crippen LogP contribution in [0.5, 0.6) is 0 Å². The number of amides is 1. The SMILES string of the molecule is Cc1ccc(CC(=O)Nc2nnc(SC(C)C)s2)c(C)c1. The quantitative estimate of drug-likeness (QED) is 0.671. The first-order valence-corrected chi connectivity index (χ1v) is 8.50. The van der Waals surface area contributed by atoms with Crippen LogP contribution in [0.3, 0.4) is 0 Å². The van der Waals surface area contributed by atoms with E-state index in [1.54, 1.807) is 11.8 Å². The molecule has 0 spiro atoms. The van der Waals surface area contributed by atoms with Gasteiger partial charge in [-0.05, 0) is 25.0 Å². The van der Waals surface area contributed by atoms with E-state index in [9.17, 15) is 4.79 Å². The first-order chi connectivity index (χ1) is 9.94. The van der Waals surface area contributed by atoms with E-state index in [-0.39, 0.29) is 5.91 Å². The van der Waals surface area contributed by atoms with Gasteiger partial charge in [0.1, 0.15) is 0 Å². The second kappa shape index (κ2) is 7.04. The molecule has 0 unspecified atom stereocenters. The maximum atomic E-state index is 12.1. The summed E-state index contributed by atoms with van der Waals surface area (Å²) in [5.41, 5.74) is 3.38. The van der Waals surface area contributed by atoms with Crippen LogP contribution in [-0.4, -0.2) is 21.4 Å². The number of carbonyl (C=O) groups is 1. The molecule has 1 heterocycles. The van der Waals surface area contributed by atoms with Gasteiger partial charge >= 0.3 is 0 Å². The number of rotatable bonds is 5. The van der Waals surface area contributed by atoms with Gasteiger partial charge in [0.05, 0.1) is 6.42 Å². The van der Waals surface area contributed by atoms with Crippen molar-refractivity contribution in [2.24, 2.45) is 0 Å². The number of benzene rings is 1. The molecule has 0 aliphatic rings. The highest BCUT2D eigenvalue weighted by atomic mass is 32.2. The van der Waals surface area contributed by atoms with E-state index >= 15 is 0 Å². The molecule has 1 aromatic heterocycles. The first-order valence-electron chi connectivity index (χ1n) is 6.80. The molecule has 0 fully saturated rings. The van der Waals surface area contributed by atoms with Gasteiger partial charge in [-0.2, -0.15) is 0 Å². The Labute approximate surface area is 133 Å². The molecule has 1 amide bonds. The van der Waals surface area contributed by atoms with E-state index in [2.05, 4.69) is 35.4 Å². The largest absolute Gasteiger partial charge is 0.300 e. The molecule has 4 nitrogen and oxygen atoms in total. The van der Waals surface area contributed by atoms with Crippen LogP contribution in [-0.2, 0) is 11.2 Å². The molecule has 0 bridgehead atoms. The van der Waals surface area contributed by atoms with E-state index in [0.29, 0.717) is 16.8 Å².